The number of amides is 1. The number of likely N-dealkylation sites (tertiary alicyclic amines) is 1. The zero-order chi connectivity index (χ0) is 15.5. The van der Waals surface area contributed by atoms with Crippen LogP contribution in [0.2, 0.25) is 0 Å². The fourth-order valence-corrected chi connectivity index (χ4v) is 6.00. The number of aliphatic hydroxyl groups is 1. The van der Waals surface area contributed by atoms with E-state index in [0.29, 0.717) is 13.1 Å². The van der Waals surface area contributed by atoms with Crippen molar-refractivity contribution in [3.63, 3.8) is 0 Å². The zero-order valence-corrected chi connectivity index (χ0v) is 13.0. The lowest BCUT2D eigenvalue weighted by atomic mass is 9.49. The highest BCUT2D eigenvalue weighted by Crippen LogP contribution is 2.60. The number of carboxylic acids is 1. The molecule has 22 heavy (non-hydrogen) atoms. The van der Waals surface area contributed by atoms with E-state index in [0.717, 1.165) is 37.0 Å². The van der Waals surface area contributed by atoms with E-state index in [1.807, 2.05) is 4.90 Å². The fourth-order valence-electron chi connectivity index (χ4n) is 6.00. The second-order valence-electron chi connectivity index (χ2n) is 8.33. The van der Waals surface area contributed by atoms with Gasteiger partial charge in [0.05, 0.1) is 5.41 Å². The summed E-state index contributed by atoms with van der Waals surface area (Å²) < 4.78 is 0. The zero-order valence-electron chi connectivity index (χ0n) is 13.0. The van der Waals surface area contributed by atoms with Gasteiger partial charge in [-0.25, -0.2) is 4.79 Å². The van der Waals surface area contributed by atoms with Gasteiger partial charge < -0.3 is 15.1 Å². The van der Waals surface area contributed by atoms with Crippen molar-refractivity contribution in [2.75, 3.05) is 13.1 Å². The van der Waals surface area contributed by atoms with E-state index >= 15 is 0 Å². The fraction of sp³-hybridized carbons (Fsp3) is 0.882. The summed E-state index contributed by atoms with van der Waals surface area (Å²) >= 11 is 0. The maximum atomic E-state index is 13.1. The maximum Gasteiger partial charge on any atom is 0.335 e. The Hall–Kier alpha value is -1.10. The third-order valence-electron chi connectivity index (χ3n) is 6.77. The molecule has 0 aromatic rings. The van der Waals surface area contributed by atoms with E-state index < -0.39 is 11.6 Å². The minimum Gasteiger partial charge on any atom is -0.479 e. The summed E-state index contributed by atoms with van der Waals surface area (Å²) in [6.07, 6.45) is 7.36. The highest BCUT2D eigenvalue weighted by molar-refractivity contribution is 5.84. The molecular weight excluding hydrogens is 282 g/mol. The van der Waals surface area contributed by atoms with Gasteiger partial charge in [-0.15, -0.1) is 0 Å². The molecule has 5 heteroatoms. The number of nitrogens with zero attached hydrogens (tertiary/aromatic N) is 1. The average molecular weight is 307 g/mol. The number of aliphatic carboxylic acids is 1. The summed E-state index contributed by atoms with van der Waals surface area (Å²) in [5.74, 6) is 1.29. The molecule has 5 aliphatic rings. The molecule has 0 atom stereocenters. The van der Waals surface area contributed by atoms with Crippen LogP contribution in [0.5, 0.6) is 0 Å². The molecule has 5 nitrogen and oxygen atoms in total. The van der Waals surface area contributed by atoms with Crippen molar-refractivity contribution < 1.29 is 19.8 Å². The molecule has 0 spiro atoms. The Bertz CT molecular complexity index is 472. The molecule has 0 aromatic carbocycles. The molecule has 1 amide bonds. The van der Waals surface area contributed by atoms with Gasteiger partial charge in [0.1, 0.15) is 0 Å². The number of piperidine rings is 1. The van der Waals surface area contributed by atoms with Crippen LogP contribution in [0.4, 0.5) is 0 Å². The Labute approximate surface area is 130 Å². The van der Waals surface area contributed by atoms with Crippen LogP contribution in [0, 0.1) is 23.2 Å². The lowest BCUT2D eigenvalue weighted by molar-refractivity contribution is -0.171. The van der Waals surface area contributed by atoms with E-state index in [1.54, 1.807) is 0 Å². The molecule has 1 aliphatic heterocycles. The topological polar surface area (TPSA) is 77.8 Å². The van der Waals surface area contributed by atoms with E-state index in [4.69, 9.17) is 5.11 Å². The van der Waals surface area contributed by atoms with Crippen molar-refractivity contribution in [2.24, 2.45) is 23.2 Å². The van der Waals surface area contributed by atoms with Crippen molar-refractivity contribution in [1.29, 1.82) is 0 Å². The third-order valence-corrected chi connectivity index (χ3v) is 6.77. The van der Waals surface area contributed by atoms with E-state index in [1.165, 1.54) is 19.3 Å². The first-order valence-corrected chi connectivity index (χ1v) is 8.65. The SMILES string of the molecule is O=C(O)C1(O)CCN(C(=O)C23CC4CC(CC(C4)C2)C3)CC1. The van der Waals surface area contributed by atoms with Crippen LogP contribution in [0.1, 0.15) is 51.4 Å². The van der Waals surface area contributed by atoms with E-state index in [9.17, 15) is 14.7 Å². The molecule has 0 radical (unpaired) electrons. The van der Waals surface area contributed by atoms with Gasteiger partial charge in [-0.3, -0.25) is 4.79 Å². The first kappa shape index (κ1) is 14.5. The Morgan fingerprint density at radius 3 is 1.77 bits per heavy atom. The van der Waals surface area contributed by atoms with Crippen LogP contribution in [-0.2, 0) is 9.59 Å². The summed E-state index contributed by atoms with van der Waals surface area (Å²) in [5, 5.41) is 19.1. The summed E-state index contributed by atoms with van der Waals surface area (Å²) in [5.41, 5.74) is -1.80. The normalized spacial score (nSPS) is 42.4. The molecule has 2 N–H and O–H groups in total. The van der Waals surface area contributed by atoms with Crippen LogP contribution in [0.15, 0.2) is 0 Å². The number of carboxylic acid groups (broad SMARTS) is 1. The number of carbonyl (C=O) groups excluding carboxylic acids is 1. The summed E-state index contributed by atoms with van der Waals surface area (Å²) in [6.45, 7) is 0.757. The van der Waals surface area contributed by atoms with Crippen LogP contribution in [0.3, 0.4) is 0 Å². The first-order chi connectivity index (χ1) is 10.4. The van der Waals surface area contributed by atoms with Crippen molar-refractivity contribution in [3.05, 3.63) is 0 Å². The molecule has 5 rings (SSSR count). The smallest absolute Gasteiger partial charge is 0.335 e. The predicted molar refractivity (Wildman–Crippen MR) is 79.0 cm³/mol. The first-order valence-electron chi connectivity index (χ1n) is 8.65. The van der Waals surface area contributed by atoms with E-state index in [-0.39, 0.29) is 24.2 Å². The lowest BCUT2D eigenvalue weighted by Crippen LogP contribution is -2.58. The Kier molecular flexibility index (Phi) is 3.09. The number of rotatable bonds is 2. The van der Waals surface area contributed by atoms with Crippen molar-refractivity contribution in [3.8, 4) is 0 Å². The molecule has 1 saturated heterocycles. The second-order valence-corrected chi connectivity index (χ2v) is 8.33. The van der Waals surface area contributed by atoms with Gasteiger partial charge in [-0.2, -0.15) is 0 Å². The van der Waals surface area contributed by atoms with Gasteiger partial charge in [0, 0.05) is 25.9 Å². The van der Waals surface area contributed by atoms with Gasteiger partial charge in [0.2, 0.25) is 5.91 Å². The highest BCUT2D eigenvalue weighted by atomic mass is 16.4. The minimum absolute atomic E-state index is 0.153. The van der Waals surface area contributed by atoms with Crippen LogP contribution in [0.25, 0.3) is 0 Å². The number of carbonyl (C=O) groups is 2. The molecule has 5 fully saturated rings. The molecule has 122 valence electrons. The Balaban J connectivity index is 1.48. The summed E-state index contributed by atoms with van der Waals surface area (Å²) in [6, 6.07) is 0. The summed E-state index contributed by atoms with van der Waals surface area (Å²) in [7, 11) is 0. The van der Waals surface area contributed by atoms with Gasteiger partial charge in [0.25, 0.3) is 0 Å². The molecule has 0 aromatic heterocycles. The minimum atomic E-state index is -1.64. The Morgan fingerprint density at radius 2 is 1.36 bits per heavy atom. The molecular formula is C17H25NO4. The molecule has 0 unspecified atom stereocenters. The molecule has 4 saturated carbocycles. The summed E-state index contributed by atoms with van der Waals surface area (Å²) in [4.78, 5) is 26.1. The van der Waals surface area contributed by atoms with Gasteiger partial charge in [0.15, 0.2) is 5.60 Å². The average Bonchev–Trinajstić information content (AvgIpc) is 2.46. The van der Waals surface area contributed by atoms with Gasteiger partial charge >= 0.3 is 5.97 Å². The van der Waals surface area contributed by atoms with Crippen LogP contribution >= 0.6 is 0 Å². The third kappa shape index (κ3) is 2.08. The lowest BCUT2D eigenvalue weighted by Gasteiger charge is -2.57. The predicted octanol–water partition coefficient (Wildman–Crippen LogP) is 1.64. The Morgan fingerprint density at radius 1 is 0.909 bits per heavy atom. The number of hydrogen-bond acceptors (Lipinski definition) is 3. The quantitative estimate of drug-likeness (QED) is 0.813. The van der Waals surface area contributed by atoms with Crippen molar-refractivity contribution in [1.82, 2.24) is 4.90 Å². The van der Waals surface area contributed by atoms with Gasteiger partial charge in [-0.1, -0.05) is 0 Å². The van der Waals surface area contributed by atoms with Crippen molar-refractivity contribution in [2.45, 2.75) is 57.0 Å². The standard InChI is InChI=1S/C17H25NO4/c19-14(18-3-1-17(22,2-4-18)15(20)21)16-8-11-5-12(9-16)7-13(6-11)10-16/h11-13,22H,1-10H2,(H,20,21). The monoisotopic (exact) mass is 307 g/mol. The van der Waals surface area contributed by atoms with Crippen LogP contribution in [-0.4, -0.2) is 45.7 Å². The second kappa shape index (κ2) is 4.70. The van der Waals surface area contributed by atoms with E-state index in [2.05, 4.69) is 0 Å². The van der Waals surface area contributed by atoms with Gasteiger partial charge in [-0.05, 0) is 56.3 Å². The van der Waals surface area contributed by atoms with Crippen molar-refractivity contribution >= 4 is 11.9 Å². The van der Waals surface area contributed by atoms with Crippen LogP contribution < -0.4 is 0 Å². The molecule has 4 aliphatic carbocycles. The highest BCUT2D eigenvalue weighted by Gasteiger charge is 2.56. The largest absolute Gasteiger partial charge is 0.479 e. The maximum absolute atomic E-state index is 13.1. The molecule has 4 bridgehead atoms. The molecule has 1 heterocycles. The number of hydrogen-bond donors (Lipinski definition) is 2.